The molecule has 0 atom stereocenters. The fourth-order valence-electron chi connectivity index (χ4n) is 2.11. The lowest BCUT2D eigenvalue weighted by Gasteiger charge is -2.02. The highest BCUT2D eigenvalue weighted by atomic mass is 32.1. The van der Waals surface area contributed by atoms with Crippen molar-refractivity contribution in [3.8, 4) is 16.5 Å². The van der Waals surface area contributed by atoms with Gasteiger partial charge < -0.3 is 4.42 Å². The molecule has 9 heteroatoms. The first kappa shape index (κ1) is 13.6. The number of hydrogen-bond donors (Lipinski definition) is 0. The Kier molecular flexibility index (Phi) is 3.31. The number of para-hydroxylation sites is 1. The highest BCUT2D eigenvalue weighted by molar-refractivity contribution is 7.13. The van der Waals surface area contributed by atoms with Gasteiger partial charge in [0.25, 0.3) is 5.89 Å². The van der Waals surface area contributed by atoms with Crippen molar-refractivity contribution in [3.05, 3.63) is 64.2 Å². The smallest absolute Gasteiger partial charge is 0.387 e. The van der Waals surface area contributed by atoms with Crippen LogP contribution in [0.5, 0.6) is 0 Å². The first-order valence-electron chi connectivity index (χ1n) is 6.76. The fourth-order valence-corrected chi connectivity index (χ4v) is 2.76. The van der Waals surface area contributed by atoms with E-state index in [4.69, 9.17) is 4.42 Å². The number of hydrogen-bond acceptors (Lipinski definition) is 7. The number of benzene rings is 1. The standard InChI is InChI=1S/C14H10N6O2S/c21-14-19(16-13(22-14)11-7-4-8-23-11)9-12-15-17-18-20(12)10-5-2-1-3-6-10/h1-8H,9H2. The lowest BCUT2D eigenvalue weighted by molar-refractivity contribution is 0.489. The van der Waals surface area contributed by atoms with Gasteiger partial charge in [-0.15, -0.1) is 21.5 Å². The van der Waals surface area contributed by atoms with Crippen molar-refractivity contribution in [2.45, 2.75) is 6.54 Å². The largest absolute Gasteiger partial charge is 0.437 e. The topological polar surface area (TPSA) is 91.6 Å². The first-order valence-corrected chi connectivity index (χ1v) is 7.64. The first-order chi connectivity index (χ1) is 11.3. The third-order valence-corrected chi connectivity index (χ3v) is 4.02. The van der Waals surface area contributed by atoms with Crippen LogP contribution in [0.4, 0.5) is 0 Å². The van der Waals surface area contributed by atoms with Crippen LogP contribution in [-0.2, 0) is 6.54 Å². The highest BCUT2D eigenvalue weighted by Crippen LogP contribution is 2.21. The zero-order valence-corrected chi connectivity index (χ0v) is 12.6. The molecule has 4 rings (SSSR count). The van der Waals surface area contributed by atoms with Gasteiger partial charge in [-0.05, 0) is 34.0 Å². The Morgan fingerprint density at radius 3 is 2.78 bits per heavy atom. The van der Waals surface area contributed by atoms with Crippen molar-refractivity contribution < 1.29 is 4.42 Å². The van der Waals surface area contributed by atoms with Crippen LogP contribution in [0.25, 0.3) is 16.5 Å². The minimum atomic E-state index is -0.545. The second-order valence-electron chi connectivity index (χ2n) is 4.65. The van der Waals surface area contributed by atoms with Gasteiger partial charge >= 0.3 is 5.76 Å². The predicted octanol–water partition coefficient (Wildman–Crippen LogP) is 1.59. The molecule has 4 aromatic rings. The van der Waals surface area contributed by atoms with E-state index < -0.39 is 5.76 Å². The van der Waals surface area contributed by atoms with Crippen molar-refractivity contribution in [3.63, 3.8) is 0 Å². The summed E-state index contributed by atoms with van der Waals surface area (Å²) in [5.41, 5.74) is 0.808. The number of rotatable bonds is 4. The molecule has 3 aromatic heterocycles. The molecule has 3 heterocycles. The molecule has 1 aromatic carbocycles. The highest BCUT2D eigenvalue weighted by Gasteiger charge is 2.15. The van der Waals surface area contributed by atoms with E-state index in [9.17, 15) is 4.79 Å². The third-order valence-electron chi connectivity index (χ3n) is 3.16. The molecule has 114 valence electrons. The number of thiophene rings is 1. The van der Waals surface area contributed by atoms with Crippen molar-refractivity contribution in [1.29, 1.82) is 0 Å². The molecule has 0 aliphatic rings. The molecule has 0 fully saturated rings. The average molecular weight is 326 g/mol. The van der Waals surface area contributed by atoms with Crippen LogP contribution < -0.4 is 5.76 Å². The second-order valence-corrected chi connectivity index (χ2v) is 5.60. The maximum Gasteiger partial charge on any atom is 0.437 e. The van der Waals surface area contributed by atoms with E-state index in [0.717, 1.165) is 10.6 Å². The van der Waals surface area contributed by atoms with Crippen LogP contribution in [0.15, 0.2) is 57.1 Å². The summed E-state index contributed by atoms with van der Waals surface area (Å²) in [4.78, 5) is 12.8. The molecule has 0 radical (unpaired) electrons. The molecule has 0 amide bonds. The molecule has 0 saturated heterocycles. The molecular weight excluding hydrogens is 316 g/mol. The Labute approximate surface area is 133 Å². The van der Waals surface area contributed by atoms with Crippen molar-refractivity contribution in [2.24, 2.45) is 0 Å². The summed E-state index contributed by atoms with van der Waals surface area (Å²) in [6.45, 7) is 0.121. The van der Waals surface area contributed by atoms with Gasteiger partial charge in [0.1, 0.15) is 6.54 Å². The molecule has 8 nitrogen and oxygen atoms in total. The normalized spacial score (nSPS) is 11.0. The minimum absolute atomic E-state index is 0.121. The lowest BCUT2D eigenvalue weighted by Crippen LogP contribution is -2.19. The van der Waals surface area contributed by atoms with Crippen LogP contribution in [0.1, 0.15) is 5.82 Å². The van der Waals surface area contributed by atoms with Gasteiger partial charge in [-0.25, -0.2) is 4.79 Å². The molecule has 0 unspecified atom stereocenters. The molecule has 0 aliphatic carbocycles. The predicted molar refractivity (Wildman–Crippen MR) is 82.3 cm³/mol. The van der Waals surface area contributed by atoms with E-state index in [1.165, 1.54) is 16.0 Å². The Morgan fingerprint density at radius 2 is 2.00 bits per heavy atom. The summed E-state index contributed by atoms with van der Waals surface area (Å²) in [7, 11) is 0. The maximum absolute atomic E-state index is 12.0. The number of tetrazole rings is 1. The molecule has 0 aliphatic heterocycles. The molecule has 0 N–H and O–H groups in total. The molecule has 0 spiro atoms. The van der Waals surface area contributed by atoms with E-state index >= 15 is 0 Å². The zero-order valence-electron chi connectivity index (χ0n) is 11.7. The van der Waals surface area contributed by atoms with Gasteiger partial charge in [0.15, 0.2) is 5.82 Å². The van der Waals surface area contributed by atoms with Gasteiger partial charge in [0.2, 0.25) is 0 Å². The quantitative estimate of drug-likeness (QED) is 0.565. The van der Waals surface area contributed by atoms with Crippen LogP contribution in [-0.4, -0.2) is 30.0 Å². The Bertz CT molecular complexity index is 970. The van der Waals surface area contributed by atoms with E-state index in [1.807, 2.05) is 47.8 Å². The molecule has 0 saturated carbocycles. The van der Waals surface area contributed by atoms with E-state index in [0.29, 0.717) is 11.7 Å². The average Bonchev–Trinajstić information content (AvgIpc) is 3.30. The summed E-state index contributed by atoms with van der Waals surface area (Å²) in [6.07, 6.45) is 0. The lowest BCUT2D eigenvalue weighted by atomic mass is 10.3. The summed E-state index contributed by atoms with van der Waals surface area (Å²) in [5.74, 6) is 0.240. The monoisotopic (exact) mass is 326 g/mol. The van der Waals surface area contributed by atoms with Crippen molar-refractivity contribution >= 4 is 11.3 Å². The van der Waals surface area contributed by atoms with Crippen LogP contribution >= 0.6 is 11.3 Å². The van der Waals surface area contributed by atoms with Crippen molar-refractivity contribution in [1.82, 2.24) is 30.0 Å². The van der Waals surface area contributed by atoms with Gasteiger partial charge in [-0.3, -0.25) is 0 Å². The Balaban J connectivity index is 1.68. The SMILES string of the molecule is O=c1oc(-c2cccs2)nn1Cc1nnnn1-c1ccccc1. The van der Waals surface area contributed by atoms with Gasteiger partial charge in [0, 0.05) is 0 Å². The van der Waals surface area contributed by atoms with Crippen LogP contribution in [0.2, 0.25) is 0 Å². The van der Waals surface area contributed by atoms with Gasteiger partial charge in [0.05, 0.1) is 10.6 Å². The summed E-state index contributed by atoms with van der Waals surface area (Å²) in [6, 6.07) is 13.1. The summed E-state index contributed by atoms with van der Waals surface area (Å²) >= 11 is 1.45. The minimum Gasteiger partial charge on any atom is -0.387 e. The summed E-state index contributed by atoms with van der Waals surface area (Å²) in [5, 5.41) is 17.7. The van der Waals surface area contributed by atoms with Crippen LogP contribution in [0.3, 0.4) is 0 Å². The molecule has 23 heavy (non-hydrogen) atoms. The van der Waals surface area contributed by atoms with Gasteiger partial charge in [-0.1, -0.05) is 24.3 Å². The van der Waals surface area contributed by atoms with E-state index in [1.54, 1.807) is 4.68 Å². The Hall–Kier alpha value is -3.07. The number of aromatic nitrogens is 6. The second kappa shape index (κ2) is 5.61. The summed E-state index contributed by atoms with van der Waals surface area (Å²) < 4.78 is 7.95. The Morgan fingerprint density at radius 1 is 1.13 bits per heavy atom. The van der Waals surface area contributed by atoms with Gasteiger partial charge in [-0.2, -0.15) is 9.36 Å². The van der Waals surface area contributed by atoms with Crippen molar-refractivity contribution in [2.75, 3.05) is 0 Å². The third kappa shape index (κ3) is 2.57. The molecule has 0 bridgehead atoms. The fraction of sp³-hybridized carbons (Fsp3) is 0.0714. The molecular formula is C14H10N6O2S. The zero-order chi connectivity index (χ0) is 15.6. The van der Waals surface area contributed by atoms with E-state index in [2.05, 4.69) is 20.6 Å². The van der Waals surface area contributed by atoms with Crippen LogP contribution in [0, 0.1) is 0 Å². The number of nitrogens with zero attached hydrogens (tertiary/aromatic N) is 6. The van der Waals surface area contributed by atoms with E-state index in [-0.39, 0.29) is 6.54 Å². The maximum atomic E-state index is 12.0.